The Morgan fingerprint density at radius 1 is 1.42 bits per heavy atom. The minimum absolute atomic E-state index is 0.485. The third-order valence-corrected chi connectivity index (χ3v) is 1.35. The second-order valence-corrected chi connectivity index (χ2v) is 2.19. The highest BCUT2D eigenvalue weighted by atomic mass is 16.7. The lowest BCUT2D eigenvalue weighted by Gasteiger charge is -2.13. The maximum atomic E-state index is 10.2. The summed E-state index contributed by atoms with van der Waals surface area (Å²) in [6.07, 6.45) is 1.66. The van der Waals surface area contributed by atoms with Gasteiger partial charge in [-0.1, -0.05) is 18.2 Å². The Labute approximate surface area is 71.5 Å². The van der Waals surface area contributed by atoms with Crippen LogP contribution in [-0.2, 0) is 4.79 Å². The molecule has 0 heterocycles. The summed E-state index contributed by atoms with van der Waals surface area (Å²) in [5.41, 5.74) is 0. The van der Waals surface area contributed by atoms with Crippen LogP contribution < -0.4 is 4.84 Å². The van der Waals surface area contributed by atoms with E-state index in [-0.39, 0.29) is 0 Å². The van der Waals surface area contributed by atoms with Gasteiger partial charge in [0, 0.05) is 0 Å². The molecule has 63 valence electrons. The number of carbonyl (C=O) groups excluding carboxylic acids is 1. The number of amides is 1. The molecule has 3 nitrogen and oxygen atoms in total. The van der Waals surface area contributed by atoms with E-state index in [2.05, 4.69) is 0 Å². The van der Waals surface area contributed by atoms with Crippen molar-refractivity contribution in [1.29, 1.82) is 0 Å². The predicted molar refractivity (Wildman–Crippen MR) is 45.1 cm³/mol. The second-order valence-electron chi connectivity index (χ2n) is 2.19. The first kappa shape index (κ1) is 8.59. The van der Waals surface area contributed by atoms with E-state index < -0.39 is 0 Å². The molecule has 1 radical (unpaired) electrons. The Kier molecular flexibility index (Phi) is 3.14. The number of nitrogens with zero attached hydrogens (tertiary/aromatic N) is 1. The molecule has 0 aliphatic carbocycles. The van der Waals surface area contributed by atoms with Crippen LogP contribution >= 0.6 is 0 Å². The first-order valence-corrected chi connectivity index (χ1v) is 3.75. The van der Waals surface area contributed by atoms with E-state index in [1.54, 1.807) is 18.5 Å². The van der Waals surface area contributed by atoms with E-state index in [0.29, 0.717) is 12.3 Å². The van der Waals surface area contributed by atoms with Gasteiger partial charge in [0.2, 0.25) is 0 Å². The van der Waals surface area contributed by atoms with Crippen molar-refractivity contribution in [2.75, 3.05) is 6.54 Å². The van der Waals surface area contributed by atoms with Crippen molar-refractivity contribution in [2.24, 2.45) is 0 Å². The van der Waals surface area contributed by atoms with Crippen LogP contribution in [0.25, 0.3) is 0 Å². The van der Waals surface area contributed by atoms with Crippen LogP contribution in [0.5, 0.6) is 5.75 Å². The molecule has 12 heavy (non-hydrogen) atoms. The molecule has 1 amide bonds. The third kappa shape index (κ3) is 2.27. The minimum atomic E-state index is 0.485. The lowest BCUT2D eigenvalue weighted by molar-refractivity contribution is 0.0214. The molecule has 0 N–H and O–H groups in total. The SMILES string of the molecule is CCN([C]=O)Oc1ccccc1. The molecule has 1 aromatic rings. The first-order valence-electron chi connectivity index (χ1n) is 3.75. The zero-order chi connectivity index (χ0) is 8.81. The molecule has 3 heteroatoms. The van der Waals surface area contributed by atoms with Gasteiger partial charge < -0.3 is 4.84 Å². The lowest BCUT2D eigenvalue weighted by Crippen LogP contribution is -2.25. The Hall–Kier alpha value is -1.51. The molecule has 0 fully saturated rings. The predicted octanol–water partition coefficient (Wildman–Crippen LogP) is 1.37. The fraction of sp³-hybridized carbons (Fsp3) is 0.222. The summed E-state index contributed by atoms with van der Waals surface area (Å²) in [5, 5.41) is 1.11. The van der Waals surface area contributed by atoms with Gasteiger partial charge in [0.05, 0.1) is 6.54 Å². The normalized spacial score (nSPS) is 9.08. The second kappa shape index (κ2) is 4.38. The van der Waals surface area contributed by atoms with Crippen molar-refractivity contribution < 1.29 is 9.63 Å². The molecule has 0 bridgehead atoms. The Balaban J connectivity index is 2.56. The summed E-state index contributed by atoms with van der Waals surface area (Å²) in [4.78, 5) is 15.3. The van der Waals surface area contributed by atoms with Crippen molar-refractivity contribution >= 4 is 6.41 Å². The van der Waals surface area contributed by atoms with Crippen LogP contribution in [0.4, 0.5) is 0 Å². The largest absolute Gasteiger partial charge is 0.376 e. The van der Waals surface area contributed by atoms with E-state index in [1.807, 2.05) is 25.1 Å². The highest BCUT2D eigenvalue weighted by molar-refractivity contribution is 5.46. The van der Waals surface area contributed by atoms with Crippen LogP contribution in [0.2, 0.25) is 0 Å². The Morgan fingerprint density at radius 2 is 2.08 bits per heavy atom. The molecule has 0 saturated heterocycles. The molecule has 0 aliphatic heterocycles. The van der Waals surface area contributed by atoms with Crippen LogP contribution in [0, 0.1) is 0 Å². The van der Waals surface area contributed by atoms with Crippen molar-refractivity contribution in [3.8, 4) is 5.75 Å². The molecular weight excluding hydrogens is 154 g/mol. The van der Waals surface area contributed by atoms with Gasteiger partial charge in [0.1, 0.15) is 0 Å². The van der Waals surface area contributed by atoms with Gasteiger partial charge in [-0.05, 0) is 19.1 Å². The summed E-state index contributed by atoms with van der Waals surface area (Å²) in [6, 6.07) is 9.12. The van der Waals surface area contributed by atoms with E-state index in [1.165, 1.54) is 0 Å². The quantitative estimate of drug-likeness (QED) is 0.497. The van der Waals surface area contributed by atoms with Crippen LogP contribution in [-0.4, -0.2) is 18.0 Å². The summed E-state index contributed by atoms with van der Waals surface area (Å²) >= 11 is 0. The maximum absolute atomic E-state index is 10.2. The van der Waals surface area contributed by atoms with Gasteiger partial charge in [-0.2, -0.15) is 5.06 Å². The van der Waals surface area contributed by atoms with E-state index in [0.717, 1.165) is 5.06 Å². The fourth-order valence-corrected chi connectivity index (χ4v) is 0.756. The van der Waals surface area contributed by atoms with Crippen molar-refractivity contribution in [1.82, 2.24) is 5.06 Å². The Morgan fingerprint density at radius 3 is 2.58 bits per heavy atom. The highest BCUT2D eigenvalue weighted by Gasteiger charge is 1.99. The van der Waals surface area contributed by atoms with Crippen LogP contribution in [0.1, 0.15) is 6.92 Å². The number of rotatable bonds is 4. The average molecular weight is 164 g/mol. The van der Waals surface area contributed by atoms with Gasteiger partial charge in [-0.15, -0.1) is 0 Å². The standard InChI is InChI=1S/C9H10NO2/c1-2-10(8-11)12-9-6-4-3-5-7-9/h3-7H,2H2,1H3. The number of para-hydroxylation sites is 1. The molecule has 1 rings (SSSR count). The maximum Gasteiger partial charge on any atom is 0.347 e. The number of benzene rings is 1. The minimum Gasteiger partial charge on any atom is -0.376 e. The monoisotopic (exact) mass is 164 g/mol. The van der Waals surface area contributed by atoms with Crippen LogP contribution in [0.3, 0.4) is 0 Å². The van der Waals surface area contributed by atoms with E-state index >= 15 is 0 Å². The third-order valence-electron chi connectivity index (χ3n) is 1.35. The summed E-state index contributed by atoms with van der Waals surface area (Å²) in [7, 11) is 0. The van der Waals surface area contributed by atoms with Crippen molar-refractivity contribution in [2.45, 2.75) is 6.92 Å². The fourth-order valence-electron chi connectivity index (χ4n) is 0.756. The van der Waals surface area contributed by atoms with Crippen molar-refractivity contribution in [3.63, 3.8) is 0 Å². The summed E-state index contributed by atoms with van der Waals surface area (Å²) in [6.45, 7) is 2.30. The molecule has 0 spiro atoms. The zero-order valence-electron chi connectivity index (χ0n) is 6.86. The molecule has 0 aromatic heterocycles. The van der Waals surface area contributed by atoms with E-state index in [4.69, 9.17) is 4.84 Å². The number of hydrogen-bond donors (Lipinski definition) is 0. The smallest absolute Gasteiger partial charge is 0.347 e. The summed E-state index contributed by atoms with van der Waals surface area (Å²) in [5.74, 6) is 0.641. The van der Waals surface area contributed by atoms with Crippen LogP contribution in [0.15, 0.2) is 30.3 Å². The van der Waals surface area contributed by atoms with Gasteiger partial charge in [-0.25, -0.2) is 0 Å². The van der Waals surface area contributed by atoms with Gasteiger partial charge in [-0.3, -0.25) is 4.79 Å². The zero-order valence-corrected chi connectivity index (χ0v) is 6.86. The average Bonchev–Trinajstić information content (AvgIpc) is 2.16. The topological polar surface area (TPSA) is 29.5 Å². The van der Waals surface area contributed by atoms with Gasteiger partial charge in [0.15, 0.2) is 5.75 Å². The summed E-state index contributed by atoms with van der Waals surface area (Å²) < 4.78 is 0. The molecule has 1 aromatic carbocycles. The molecular formula is C9H10NO2. The van der Waals surface area contributed by atoms with Gasteiger partial charge in [0.25, 0.3) is 0 Å². The first-order chi connectivity index (χ1) is 5.86. The number of hydroxylamine groups is 2. The number of hydrogen-bond acceptors (Lipinski definition) is 2. The molecule has 0 saturated carbocycles. The lowest BCUT2D eigenvalue weighted by atomic mass is 10.3. The Bertz CT molecular complexity index is 236. The molecule has 0 aliphatic rings. The van der Waals surface area contributed by atoms with Gasteiger partial charge >= 0.3 is 6.41 Å². The highest BCUT2D eigenvalue weighted by Crippen LogP contribution is 2.08. The van der Waals surface area contributed by atoms with Crippen molar-refractivity contribution in [3.05, 3.63) is 30.3 Å². The van der Waals surface area contributed by atoms with E-state index in [9.17, 15) is 4.79 Å². The molecule has 0 unspecified atom stereocenters. The molecule has 0 atom stereocenters.